The number of nitrogens with zero attached hydrogens (tertiary/aromatic N) is 3. The molecule has 0 saturated heterocycles. The highest BCUT2D eigenvalue weighted by Gasteiger charge is 2.20. The standard InChI is InChI=1S/C47H29N3O/c1-3-13-30(14-4-1)31-25-27-34(28-26-31)46-48-45(33-16-5-2-6-17-33)49-47(50-46)42-29-41-40-24-12-23-39(36-22-11-18-32-15-7-8-19-35(32)36)43(40)51-44(41)38-21-10-9-20-37(38)42/h1-29H. The zero-order valence-electron chi connectivity index (χ0n) is 27.5. The maximum Gasteiger partial charge on any atom is 0.164 e. The van der Waals surface area contributed by atoms with Gasteiger partial charge in [0, 0.05) is 38.4 Å². The second kappa shape index (κ2) is 11.9. The predicted octanol–water partition coefficient (Wildman–Crippen LogP) is 12.4. The number of para-hydroxylation sites is 1. The minimum Gasteiger partial charge on any atom is -0.455 e. The lowest BCUT2D eigenvalue weighted by atomic mass is 9.95. The number of rotatable bonds is 5. The van der Waals surface area contributed by atoms with Crippen molar-refractivity contribution in [2.45, 2.75) is 0 Å². The van der Waals surface area contributed by atoms with Crippen LogP contribution in [0.1, 0.15) is 0 Å². The van der Waals surface area contributed by atoms with E-state index in [-0.39, 0.29) is 0 Å². The van der Waals surface area contributed by atoms with Crippen LogP contribution < -0.4 is 0 Å². The van der Waals surface area contributed by atoms with Crippen LogP contribution >= 0.6 is 0 Å². The lowest BCUT2D eigenvalue weighted by molar-refractivity contribution is 0.674. The molecule has 10 rings (SSSR count). The summed E-state index contributed by atoms with van der Waals surface area (Å²) in [6.45, 7) is 0. The largest absolute Gasteiger partial charge is 0.455 e. The summed E-state index contributed by atoms with van der Waals surface area (Å²) in [6.07, 6.45) is 0. The molecule has 0 unspecified atom stereocenters. The van der Waals surface area contributed by atoms with Gasteiger partial charge in [0.25, 0.3) is 0 Å². The molecule has 4 nitrogen and oxygen atoms in total. The van der Waals surface area contributed by atoms with Crippen LogP contribution in [0, 0.1) is 0 Å². The van der Waals surface area contributed by atoms with Crippen LogP contribution in [0.25, 0.3) is 99.9 Å². The third-order valence-corrected chi connectivity index (χ3v) is 9.74. The van der Waals surface area contributed by atoms with Crippen molar-refractivity contribution in [1.29, 1.82) is 0 Å². The molecule has 0 spiro atoms. The van der Waals surface area contributed by atoms with E-state index in [2.05, 4.69) is 140 Å². The Hall–Kier alpha value is -6.91. The molecule has 0 fully saturated rings. The molecule has 0 saturated carbocycles. The fourth-order valence-electron chi connectivity index (χ4n) is 7.26. The maximum atomic E-state index is 6.87. The van der Waals surface area contributed by atoms with E-state index in [4.69, 9.17) is 19.4 Å². The van der Waals surface area contributed by atoms with Crippen molar-refractivity contribution in [3.05, 3.63) is 176 Å². The zero-order valence-corrected chi connectivity index (χ0v) is 27.5. The first kappa shape index (κ1) is 29.0. The van der Waals surface area contributed by atoms with Crippen LogP contribution in [0.5, 0.6) is 0 Å². The summed E-state index contributed by atoms with van der Waals surface area (Å²) in [6, 6.07) is 60.9. The highest BCUT2D eigenvalue weighted by atomic mass is 16.3. The molecule has 0 bridgehead atoms. The van der Waals surface area contributed by atoms with Gasteiger partial charge in [-0.25, -0.2) is 15.0 Å². The van der Waals surface area contributed by atoms with Gasteiger partial charge < -0.3 is 4.42 Å². The number of aromatic nitrogens is 3. The van der Waals surface area contributed by atoms with Gasteiger partial charge in [-0.3, -0.25) is 0 Å². The van der Waals surface area contributed by atoms with Crippen LogP contribution in [0.15, 0.2) is 180 Å². The van der Waals surface area contributed by atoms with Crippen LogP contribution in [-0.4, -0.2) is 15.0 Å². The first-order valence-corrected chi connectivity index (χ1v) is 17.1. The molecular formula is C47H29N3O. The number of benzene rings is 8. The molecule has 0 amide bonds. The van der Waals surface area contributed by atoms with Gasteiger partial charge in [0.05, 0.1) is 0 Å². The first-order chi connectivity index (χ1) is 25.3. The van der Waals surface area contributed by atoms with Crippen molar-refractivity contribution in [2.24, 2.45) is 0 Å². The molecule has 0 radical (unpaired) electrons. The normalized spacial score (nSPS) is 11.5. The Labute approximate surface area is 294 Å². The number of fused-ring (bicyclic) bond motifs is 6. The quantitative estimate of drug-likeness (QED) is 0.186. The third kappa shape index (κ3) is 4.96. The SMILES string of the molecule is c1ccc(-c2ccc(-c3nc(-c4ccccc4)nc(-c4cc5c6cccc(-c7cccc8ccccc78)c6oc5c5ccccc45)n3)cc2)cc1. The second-order valence-corrected chi connectivity index (χ2v) is 12.8. The molecule has 2 aromatic heterocycles. The highest BCUT2D eigenvalue weighted by molar-refractivity contribution is 6.21. The average molecular weight is 652 g/mol. The minimum atomic E-state index is 0.614. The van der Waals surface area contributed by atoms with Crippen molar-refractivity contribution >= 4 is 43.5 Å². The predicted molar refractivity (Wildman–Crippen MR) is 209 cm³/mol. The monoisotopic (exact) mass is 651 g/mol. The van der Waals surface area contributed by atoms with E-state index in [0.29, 0.717) is 17.5 Å². The van der Waals surface area contributed by atoms with E-state index in [9.17, 15) is 0 Å². The van der Waals surface area contributed by atoms with Gasteiger partial charge in [0.1, 0.15) is 11.2 Å². The summed E-state index contributed by atoms with van der Waals surface area (Å²) in [4.78, 5) is 15.3. The van der Waals surface area contributed by atoms with Crippen molar-refractivity contribution in [1.82, 2.24) is 15.0 Å². The molecule has 8 aromatic carbocycles. The van der Waals surface area contributed by atoms with Gasteiger partial charge >= 0.3 is 0 Å². The Kier molecular flexibility index (Phi) is 6.78. The lowest BCUT2D eigenvalue weighted by Gasteiger charge is -2.11. The van der Waals surface area contributed by atoms with E-state index in [0.717, 1.165) is 66.1 Å². The molecule has 4 heteroatoms. The smallest absolute Gasteiger partial charge is 0.164 e. The van der Waals surface area contributed by atoms with Gasteiger partial charge in [-0.1, -0.05) is 170 Å². The topological polar surface area (TPSA) is 51.8 Å². The summed E-state index contributed by atoms with van der Waals surface area (Å²) in [5.41, 5.74) is 9.03. The van der Waals surface area contributed by atoms with Crippen molar-refractivity contribution in [3.8, 4) is 56.4 Å². The summed E-state index contributed by atoms with van der Waals surface area (Å²) in [5.74, 6) is 1.86. The summed E-state index contributed by atoms with van der Waals surface area (Å²) < 4.78 is 6.87. The fourth-order valence-corrected chi connectivity index (χ4v) is 7.26. The summed E-state index contributed by atoms with van der Waals surface area (Å²) in [5, 5.41) is 6.51. The van der Waals surface area contributed by atoms with Crippen LogP contribution in [-0.2, 0) is 0 Å². The van der Waals surface area contributed by atoms with E-state index >= 15 is 0 Å². The first-order valence-electron chi connectivity index (χ1n) is 17.1. The van der Waals surface area contributed by atoms with Gasteiger partial charge in [0.2, 0.25) is 0 Å². The van der Waals surface area contributed by atoms with Crippen LogP contribution in [0.4, 0.5) is 0 Å². The van der Waals surface area contributed by atoms with Crippen molar-refractivity contribution < 1.29 is 4.42 Å². The van der Waals surface area contributed by atoms with Crippen molar-refractivity contribution in [3.63, 3.8) is 0 Å². The van der Waals surface area contributed by atoms with Crippen LogP contribution in [0.3, 0.4) is 0 Å². The fraction of sp³-hybridized carbons (Fsp3) is 0. The Morgan fingerprint density at radius 1 is 0.294 bits per heavy atom. The molecular weight excluding hydrogens is 623 g/mol. The number of hydrogen-bond donors (Lipinski definition) is 0. The lowest BCUT2D eigenvalue weighted by Crippen LogP contribution is -2.00. The second-order valence-electron chi connectivity index (χ2n) is 12.8. The van der Waals surface area contributed by atoms with Gasteiger partial charge in [-0.15, -0.1) is 0 Å². The number of hydrogen-bond acceptors (Lipinski definition) is 4. The Morgan fingerprint density at radius 3 is 1.55 bits per heavy atom. The Morgan fingerprint density at radius 2 is 0.784 bits per heavy atom. The zero-order chi connectivity index (χ0) is 33.7. The third-order valence-electron chi connectivity index (χ3n) is 9.74. The van der Waals surface area contributed by atoms with Gasteiger partial charge in [-0.05, 0) is 38.9 Å². The van der Waals surface area contributed by atoms with E-state index in [1.165, 1.54) is 16.3 Å². The van der Waals surface area contributed by atoms with Crippen LogP contribution in [0.2, 0.25) is 0 Å². The minimum absolute atomic E-state index is 0.614. The number of furan rings is 1. The molecule has 10 aromatic rings. The average Bonchev–Trinajstić information content (AvgIpc) is 3.60. The van der Waals surface area contributed by atoms with E-state index in [1.54, 1.807) is 0 Å². The molecule has 0 aliphatic rings. The molecule has 51 heavy (non-hydrogen) atoms. The van der Waals surface area contributed by atoms with Gasteiger partial charge in [-0.2, -0.15) is 0 Å². The Balaban J connectivity index is 1.20. The molecule has 2 heterocycles. The molecule has 0 aliphatic heterocycles. The maximum absolute atomic E-state index is 6.87. The van der Waals surface area contributed by atoms with E-state index in [1.807, 2.05) is 36.4 Å². The van der Waals surface area contributed by atoms with Crippen molar-refractivity contribution in [2.75, 3.05) is 0 Å². The summed E-state index contributed by atoms with van der Waals surface area (Å²) in [7, 11) is 0. The molecule has 238 valence electrons. The Bertz CT molecular complexity index is 2890. The summed E-state index contributed by atoms with van der Waals surface area (Å²) >= 11 is 0. The molecule has 0 N–H and O–H groups in total. The highest BCUT2D eigenvalue weighted by Crippen LogP contribution is 2.43. The molecule has 0 aliphatic carbocycles. The van der Waals surface area contributed by atoms with E-state index < -0.39 is 0 Å². The van der Waals surface area contributed by atoms with Gasteiger partial charge in [0.15, 0.2) is 17.5 Å². The molecule has 0 atom stereocenters.